The van der Waals surface area contributed by atoms with E-state index in [0.29, 0.717) is 46.4 Å². The Bertz CT molecular complexity index is 2490. The fourth-order valence-corrected chi connectivity index (χ4v) is 5.60. The lowest BCUT2D eigenvalue weighted by molar-refractivity contribution is 0.672. The Kier molecular flexibility index (Phi) is 6.42. The molecule has 0 bridgehead atoms. The highest BCUT2D eigenvalue weighted by atomic mass is 16.2. The Hall–Kier alpha value is -5.92. The zero-order chi connectivity index (χ0) is 31.6. The molecule has 0 aliphatic carbocycles. The van der Waals surface area contributed by atoms with Crippen molar-refractivity contribution in [3.8, 4) is 34.4 Å². The number of hydrogen-bond donors (Lipinski definition) is 0. The van der Waals surface area contributed by atoms with Crippen LogP contribution in [0.2, 0.25) is 0 Å². The van der Waals surface area contributed by atoms with Crippen LogP contribution in [0.5, 0.6) is 0 Å². The topological polar surface area (TPSA) is 165 Å². The number of fused-ring (bicyclic) bond motifs is 4. The molecule has 0 N–H and O–H groups in total. The summed E-state index contributed by atoms with van der Waals surface area (Å²) in [5, 5.41) is 0. The molecule has 0 radical (unpaired) electrons. The van der Waals surface area contributed by atoms with Crippen LogP contribution in [0.4, 0.5) is 0 Å². The number of hydrogen-bond acceptors (Lipinski definition) is 10. The number of benzene rings is 1. The van der Waals surface area contributed by atoms with Gasteiger partial charge in [0.15, 0.2) is 23.0 Å². The van der Waals surface area contributed by atoms with Crippen LogP contribution in [0.25, 0.3) is 56.5 Å². The summed E-state index contributed by atoms with van der Waals surface area (Å²) in [5.74, 6) is 0.312. The first-order chi connectivity index (χ1) is 21.7. The second-order valence-electron chi connectivity index (χ2n) is 10.6. The largest absolute Gasteiger partial charge is 0.352 e. The molecule has 0 spiro atoms. The third-order valence-electron chi connectivity index (χ3n) is 7.88. The molecular formula is C31H26N10O4. The van der Waals surface area contributed by atoms with Crippen LogP contribution in [0, 0.1) is 6.92 Å². The Morgan fingerprint density at radius 2 is 1.29 bits per heavy atom. The molecule has 7 rings (SSSR count). The number of nitrogens with zero attached hydrogens (tertiary/aromatic N) is 10. The van der Waals surface area contributed by atoms with Gasteiger partial charge in [-0.05, 0) is 56.7 Å². The first kappa shape index (κ1) is 27.9. The van der Waals surface area contributed by atoms with Crippen LogP contribution in [0.15, 0.2) is 67.8 Å². The minimum atomic E-state index is -0.711. The number of aromatic nitrogens is 10. The van der Waals surface area contributed by atoms with Crippen LogP contribution in [-0.4, -0.2) is 48.2 Å². The van der Waals surface area contributed by atoms with Gasteiger partial charge in [-0.25, -0.2) is 19.6 Å². The molecule has 45 heavy (non-hydrogen) atoms. The number of aryl methyl sites for hydroxylation is 3. The summed E-state index contributed by atoms with van der Waals surface area (Å²) >= 11 is 0. The molecule has 0 amide bonds. The van der Waals surface area contributed by atoms with E-state index >= 15 is 0 Å². The molecule has 0 unspecified atom stereocenters. The van der Waals surface area contributed by atoms with Gasteiger partial charge in [-0.15, -0.1) is 0 Å². The molecule has 0 atom stereocenters. The minimum Gasteiger partial charge on any atom is -0.323 e. The van der Waals surface area contributed by atoms with Crippen molar-refractivity contribution >= 4 is 22.1 Å². The molecule has 2 aromatic heterocycles. The predicted octanol–water partition coefficient (Wildman–Crippen LogP) is 1.82. The lowest BCUT2D eigenvalue weighted by Crippen LogP contribution is -2.39. The van der Waals surface area contributed by atoms with E-state index in [0.717, 1.165) is 20.5 Å². The fraction of sp³-hybridized carbons (Fsp3) is 0.226. The van der Waals surface area contributed by atoms with E-state index < -0.39 is 22.5 Å². The SMILES string of the molecule is CCn1c2nc(=O)n(C)c(=O)c-2nc2cc3c(cc21)nc1c(=O)n(Cc2ccc(-c4cccc(C)n4)nc2)c(=O)nc-1n3CC. The molecule has 224 valence electrons. The highest BCUT2D eigenvalue weighted by Gasteiger charge is 2.24. The molecule has 3 aromatic rings. The normalized spacial score (nSPS) is 11.7. The molecule has 14 heteroatoms. The quantitative estimate of drug-likeness (QED) is 0.265. The van der Waals surface area contributed by atoms with Crippen molar-refractivity contribution in [2.24, 2.45) is 7.05 Å². The van der Waals surface area contributed by atoms with Crippen molar-refractivity contribution in [2.75, 3.05) is 0 Å². The molecule has 4 aliphatic heterocycles. The molecule has 0 fully saturated rings. The lowest BCUT2D eigenvalue weighted by Gasteiger charge is -2.19. The summed E-state index contributed by atoms with van der Waals surface area (Å²) in [7, 11) is 1.36. The monoisotopic (exact) mass is 602 g/mol. The maximum Gasteiger partial charge on any atom is 0.352 e. The van der Waals surface area contributed by atoms with Crippen molar-refractivity contribution < 1.29 is 0 Å². The second-order valence-corrected chi connectivity index (χ2v) is 10.6. The van der Waals surface area contributed by atoms with E-state index in [1.807, 2.05) is 39.0 Å². The van der Waals surface area contributed by atoms with Crippen LogP contribution < -0.4 is 22.5 Å². The van der Waals surface area contributed by atoms with Crippen LogP contribution in [0.3, 0.4) is 0 Å². The van der Waals surface area contributed by atoms with Gasteiger partial charge in [-0.3, -0.25) is 28.7 Å². The molecule has 6 heterocycles. The first-order valence-electron chi connectivity index (χ1n) is 14.3. The van der Waals surface area contributed by atoms with Gasteiger partial charge in [0.25, 0.3) is 11.1 Å². The van der Waals surface area contributed by atoms with Crippen LogP contribution >= 0.6 is 0 Å². The Labute approximate surface area is 253 Å². The van der Waals surface area contributed by atoms with Gasteiger partial charge < -0.3 is 9.13 Å². The molecule has 0 saturated carbocycles. The van der Waals surface area contributed by atoms with Crippen molar-refractivity contribution in [1.29, 1.82) is 0 Å². The van der Waals surface area contributed by atoms with E-state index in [1.165, 1.54) is 7.05 Å². The van der Waals surface area contributed by atoms with Crippen molar-refractivity contribution in [3.63, 3.8) is 0 Å². The van der Waals surface area contributed by atoms with Gasteiger partial charge in [-0.2, -0.15) is 9.97 Å². The highest BCUT2D eigenvalue weighted by Crippen LogP contribution is 2.28. The minimum absolute atomic E-state index is 0.0301. The third kappa shape index (κ3) is 4.41. The van der Waals surface area contributed by atoms with E-state index in [4.69, 9.17) is 0 Å². The Balaban J connectivity index is 1.41. The first-order valence-corrected chi connectivity index (χ1v) is 14.3. The van der Waals surface area contributed by atoms with Gasteiger partial charge in [0.2, 0.25) is 0 Å². The Morgan fingerprint density at radius 1 is 0.667 bits per heavy atom. The molecule has 14 nitrogen and oxygen atoms in total. The predicted molar refractivity (Wildman–Crippen MR) is 167 cm³/mol. The zero-order valence-corrected chi connectivity index (χ0v) is 24.8. The number of rotatable bonds is 5. The highest BCUT2D eigenvalue weighted by molar-refractivity contribution is 5.94. The van der Waals surface area contributed by atoms with E-state index in [-0.39, 0.29) is 29.6 Å². The molecule has 0 saturated heterocycles. The average molecular weight is 603 g/mol. The van der Waals surface area contributed by atoms with Gasteiger partial charge in [0, 0.05) is 32.0 Å². The van der Waals surface area contributed by atoms with E-state index in [9.17, 15) is 19.2 Å². The summed E-state index contributed by atoms with van der Waals surface area (Å²) < 4.78 is 5.41. The van der Waals surface area contributed by atoms with Crippen LogP contribution in [0.1, 0.15) is 25.1 Å². The van der Waals surface area contributed by atoms with Gasteiger partial charge in [0.1, 0.15) is 0 Å². The smallest absolute Gasteiger partial charge is 0.323 e. The van der Waals surface area contributed by atoms with Gasteiger partial charge in [0.05, 0.1) is 40.0 Å². The summed E-state index contributed by atoms with van der Waals surface area (Å²) in [5.41, 5.74) is 2.54. The number of pyridine rings is 2. The van der Waals surface area contributed by atoms with Crippen molar-refractivity contribution in [3.05, 3.63) is 102 Å². The summed E-state index contributed by atoms with van der Waals surface area (Å²) in [6.45, 7) is 6.36. The van der Waals surface area contributed by atoms with Crippen molar-refractivity contribution in [2.45, 2.75) is 40.4 Å². The standard InChI is InChI=1S/C31H26N10O4/c1-5-39-22-13-21-23(12-20(22)34-24-26(39)36-30(44)38(4)28(24)42)40(6-2)27-25(35-21)29(43)41(31(45)37-27)15-17-10-11-18(32-14-17)19-9-7-8-16(3)33-19/h7-14H,5-6,15H2,1-4H3. The summed E-state index contributed by atoms with van der Waals surface area (Å²) in [6, 6.07) is 12.7. The molecule has 4 aliphatic rings. The maximum absolute atomic E-state index is 13.8. The summed E-state index contributed by atoms with van der Waals surface area (Å²) in [6.07, 6.45) is 1.61. The second kappa shape index (κ2) is 10.4. The zero-order valence-electron chi connectivity index (χ0n) is 24.8. The maximum atomic E-state index is 13.8. The summed E-state index contributed by atoms with van der Waals surface area (Å²) in [4.78, 5) is 78.8. The molecular weight excluding hydrogens is 576 g/mol. The van der Waals surface area contributed by atoms with Gasteiger partial charge in [-0.1, -0.05) is 12.1 Å². The fourth-order valence-electron chi connectivity index (χ4n) is 5.60. The molecule has 1 aromatic carbocycles. The van der Waals surface area contributed by atoms with Crippen LogP contribution in [-0.2, 0) is 26.7 Å². The van der Waals surface area contributed by atoms with E-state index in [1.54, 1.807) is 39.6 Å². The van der Waals surface area contributed by atoms with E-state index in [2.05, 4.69) is 29.9 Å². The third-order valence-corrected chi connectivity index (χ3v) is 7.88. The van der Waals surface area contributed by atoms with Gasteiger partial charge >= 0.3 is 11.4 Å². The van der Waals surface area contributed by atoms with Crippen molar-refractivity contribution in [1.82, 2.24) is 48.2 Å². The lowest BCUT2D eigenvalue weighted by atomic mass is 10.2. The average Bonchev–Trinajstić information content (AvgIpc) is 3.04. The Morgan fingerprint density at radius 3 is 1.87 bits per heavy atom.